The van der Waals surface area contributed by atoms with Crippen molar-refractivity contribution in [1.29, 1.82) is 0 Å². The first kappa shape index (κ1) is 15.2. The lowest BCUT2D eigenvalue weighted by atomic mass is 9.98. The number of aryl methyl sites for hydroxylation is 1. The Kier molecular flexibility index (Phi) is 4.01. The summed E-state index contributed by atoms with van der Waals surface area (Å²) in [5.74, 6) is 0. The fraction of sp³-hybridized carbons (Fsp3) is 0.222. The van der Waals surface area contributed by atoms with E-state index in [1.54, 1.807) is 21.3 Å². The van der Waals surface area contributed by atoms with E-state index in [1.807, 2.05) is 12.1 Å². The predicted molar refractivity (Wildman–Crippen MR) is 92.6 cm³/mol. The number of hydrogen-bond acceptors (Lipinski definition) is 3. The molecule has 0 spiro atoms. The van der Waals surface area contributed by atoms with Gasteiger partial charge in [0, 0.05) is 26.5 Å². The van der Waals surface area contributed by atoms with Crippen molar-refractivity contribution in [2.75, 3.05) is 21.3 Å². The largest absolute Gasteiger partial charge is 0.537 e. The summed E-state index contributed by atoms with van der Waals surface area (Å²) in [6, 6.07) is 16.8. The zero-order chi connectivity index (χ0) is 15.7. The van der Waals surface area contributed by atoms with E-state index in [1.165, 1.54) is 27.1 Å². The lowest BCUT2D eigenvalue weighted by Crippen LogP contribution is -2.55. The maximum Gasteiger partial charge on any atom is 0.537 e. The molecule has 3 aromatic rings. The van der Waals surface area contributed by atoms with Crippen LogP contribution in [0.4, 0.5) is 0 Å². The first-order valence-corrected chi connectivity index (χ1v) is 8.96. The smallest absolute Gasteiger partial charge is 0.373 e. The molecule has 22 heavy (non-hydrogen) atoms. The van der Waals surface area contributed by atoms with E-state index in [9.17, 15) is 0 Å². The van der Waals surface area contributed by atoms with Gasteiger partial charge in [-0.15, -0.1) is 0 Å². The van der Waals surface area contributed by atoms with Crippen LogP contribution in [-0.2, 0) is 13.3 Å². The molecule has 0 aliphatic heterocycles. The number of hydrogen-bond donors (Lipinski definition) is 0. The summed E-state index contributed by atoms with van der Waals surface area (Å²) in [5, 5.41) is 5.84. The Morgan fingerprint density at radius 3 is 2.09 bits per heavy atom. The molecule has 3 rings (SSSR count). The summed E-state index contributed by atoms with van der Waals surface area (Å²) in [7, 11) is 2.07. The second-order valence-corrected chi connectivity index (χ2v) is 8.17. The first-order valence-electron chi connectivity index (χ1n) is 7.24. The second-order valence-electron chi connectivity index (χ2n) is 5.29. The van der Waals surface area contributed by atoms with Crippen molar-refractivity contribution in [3.05, 3.63) is 54.1 Å². The Hall–Kier alpha value is -1.72. The summed E-state index contributed by atoms with van der Waals surface area (Å²) in [4.78, 5) is 0. The minimum atomic E-state index is -2.88. The molecule has 0 fully saturated rings. The van der Waals surface area contributed by atoms with Crippen LogP contribution in [0.3, 0.4) is 0 Å². The van der Waals surface area contributed by atoms with Crippen molar-refractivity contribution in [1.82, 2.24) is 0 Å². The van der Waals surface area contributed by atoms with Crippen LogP contribution < -0.4 is 5.19 Å². The summed E-state index contributed by atoms with van der Waals surface area (Å²) < 4.78 is 17.1. The van der Waals surface area contributed by atoms with E-state index in [4.69, 9.17) is 13.3 Å². The molecular formula is C18H20O3Si. The summed E-state index contributed by atoms with van der Waals surface area (Å²) in [6.07, 6.45) is 0. The molecule has 0 radical (unpaired) electrons. The van der Waals surface area contributed by atoms with Crippen molar-refractivity contribution in [3.8, 4) is 0 Å². The quantitative estimate of drug-likeness (QED) is 0.546. The average Bonchev–Trinajstić information content (AvgIpc) is 2.57. The van der Waals surface area contributed by atoms with Gasteiger partial charge in [-0.1, -0.05) is 42.5 Å². The first-order chi connectivity index (χ1) is 10.7. The van der Waals surface area contributed by atoms with E-state index >= 15 is 0 Å². The van der Waals surface area contributed by atoms with E-state index in [0.29, 0.717) is 0 Å². The third-order valence-corrected chi connectivity index (χ3v) is 6.97. The number of benzene rings is 3. The maximum atomic E-state index is 5.69. The van der Waals surface area contributed by atoms with Crippen LogP contribution in [0.25, 0.3) is 21.5 Å². The van der Waals surface area contributed by atoms with Crippen molar-refractivity contribution in [3.63, 3.8) is 0 Å². The van der Waals surface area contributed by atoms with Gasteiger partial charge in [0.2, 0.25) is 0 Å². The molecule has 0 saturated carbocycles. The summed E-state index contributed by atoms with van der Waals surface area (Å²) in [5.41, 5.74) is 1.23. The SMILES string of the molecule is CO[Si](OC)(OC)c1cccc2cc3ccccc3c(C)c12. The van der Waals surface area contributed by atoms with Crippen molar-refractivity contribution in [2.24, 2.45) is 0 Å². The van der Waals surface area contributed by atoms with Gasteiger partial charge < -0.3 is 13.3 Å². The van der Waals surface area contributed by atoms with Gasteiger partial charge >= 0.3 is 8.80 Å². The van der Waals surface area contributed by atoms with Gasteiger partial charge in [-0.2, -0.15) is 0 Å². The summed E-state index contributed by atoms with van der Waals surface area (Å²) in [6.45, 7) is 2.15. The molecule has 0 heterocycles. The molecule has 0 unspecified atom stereocenters. The van der Waals surface area contributed by atoms with E-state index in [-0.39, 0.29) is 0 Å². The van der Waals surface area contributed by atoms with Crippen molar-refractivity contribution in [2.45, 2.75) is 6.92 Å². The molecule has 3 aromatic carbocycles. The average molecular weight is 312 g/mol. The van der Waals surface area contributed by atoms with Crippen LogP contribution >= 0.6 is 0 Å². The fourth-order valence-electron chi connectivity index (χ4n) is 3.21. The molecule has 0 bridgehead atoms. The monoisotopic (exact) mass is 312 g/mol. The molecule has 0 N–H and O–H groups in total. The van der Waals surface area contributed by atoms with Crippen molar-refractivity contribution >= 4 is 35.5 Å². The lowest BCUT2D eigenvalue weighted by Gasteiger charge is -2.26. The van der Waals surface area contributed by atoms with Gasteiger partial charge in [-0.05, 0) is 40.1 Å². The fourth-order valence-corrected chi connectivity index (χ4v) is 5.31. The molecule has 0 atom stereocenters. The highest BCUT2D eigenvalue weighted by Crippen LogP contribution is 2.28. The highest BCUT2D eigenvalue weighted by atomic mass is 28.4. The van der Waals surface area contributed by atoms with Gasteiger partial charge in [0.05, 0.1) is 0 Å². The minimum Gasteiger partial charge on any atom is -0.373 e. The third kappa shape index (κ3) is 2.16. The zero-order valence-electron chi connectivity index (χ0n) is 13.3. The van der Waals surface area contributed by atoms with Crippen molar-refractivity contribution < 1.29 is 13.3 Å². The normalized spacial score (nSPS) is 12.2. The lowest BCUT2D eigenvalue weighted by molar-refractivity contribution is 0.140. The number of rotatable bonds is 4. The Morgan fingerprint density at radius 1 is 0.773 bits per heavy atom. The summed E-state index contributed by atoms with van der Waals surface area (Å²) >= 11 is 0. The van der Waals surface area contributed by atoms with Gasteiger partial charge in [0.15, 0.2) is 0 Å². The van der Waals surface area contributed by atoms with Crippen LogP contribution in [0.15, 0.2) is 48.5 Å². The number of fused-ring (bicyclic) bond motifs is 2. The second kappa shape index (κ2) is 5.82. The van der Waals surface area contributed by atoms with Crippen LogP contribution in [0.2, 0.25) is 0 Å². The van der Waals surface area contributed by atoms with Gasteiger partial charge in [-0.3, -0.25) is 0 Å². The Bertz CT molecular complexity index is 817. The molecule has 0 saturated heterocycles. The molecule has 4 heteroatoms. The molecule has 0 aliphatic carbocycles. The highest BCUT2D eigenvalue weighted by molar-refractivity contribution is 6.77. The minimum absolute atomic E-state index is 1.01. The maximum absolute atomic E-state index is 5.69. The van der Waals surface area contributed by atoms with E-state index in [2.05, 4.69) is 43.3 Å². The topological polar surface area (TPSA) is 27.7 Å². The van der Waals surface area contributed by atoms with Crippen LogP contribution in [-0.4, -0.2) is 30.1 Å². The molecular weight excluding hydrogens is 292 g/mol. The van der Waals surface area contributed by atoms with Gasteiger partial charge in [0.1, 0.15) is 0 Å². The highest BCUT2D eigenvalue weighted by Gasteiger charge is 2.42. The zero-order valence-corrected chi connectivity index (χ0v) is 14.3. The Labute approximate surface area is 131 Å². The standard InChI is InChI=1S/C18H20O3Si/c1-13-16-10-6-5-8-14(16)12-15-9-7-11-17(18(13)15)22(19-2,20-3)21-4/h5-12H,1-4H3. The van der Waals surface area contributed by atoms with Gasteiger partial charge in [0.25, 0.3) is 0 Å². The predicted octanol–water partition coefficient (Wildman–Crippen LogP) is 3.39. The molecule has 114 valence electrons. The third-order valence-electron chi connectivity index (χ3n) is 4.28. The molecule has 0 aliphatic rings. The van der Waals surface area contributed by atoms with Crippen LogP contribution in [0, 0.1) is 6.92 Å². The Balaban J connectivity index is 2.44. The van der Waals surface area contributed by atoms with E-state index < -0.39 is 8.80 Å². The van der Waals surface area contributed by atoms with E-state index in [0.717, 1.165) is 5.19 Å². The Morgan fingerprint density at radius 2 is 1.41 bits per heavy atom. The van der Waals surface area contributed by atoms with Crippen LogP contribution in [0.5, 0.6) is 0 Å². The van der Waals surface area contributed by atoms with Gasteiger partial charge in [-0.25, -0.2) is 0 Å². The molecule has 0 aromatic heterocycles. The van der Waals surface area contributed by atoms with Crippen LogP contribution in [0.1, 0.15) is 5.56 Å². The molecule has 0 amide bonds. The molecule has 3 nitrogen and oxygen atoms in total.